The highest BCUT2D eigenvalue weighted by Crippen LogP contribution is 2.24. The fraction of sp³-hybridized carbons (Fsp3) is 0.167. The zero-order valence-corrected chi connectivity index (χ0v) is 16.0. The van der Waals surface area contributed by atoms with E-state index in [2.05, 4.69) is 24.0 Å². The third-order valence-electron chi connectivity index (χ3n) is 3.94. The molecular weight excluding hydrogens is 382 g/mol. The summed E-state index contributed by atoms with van der Waals surface area (Å²) in [6.07, 6.45) is 2.19. The van der Waals surface area contributed by atoms with E-state index in [9.17, 15) is 4.79 Å². The number of carbonyl (C=O) groups excluding carboxylic acids is 1. The average Bonchev–Trinajstić information content (AvgIpc) is 3.37. The molecule has 9 heteroatoms. The highest BCUT2D eigenvalue weighted by atomic mass is 32.1. The Morgan fingerprint density at radius 1 is 1.22 bits per heavy atom. The summed E-state index contributed by atoms with van der Waals surface area (Å²) in [7, 11) is 1.64. The molecule has 0 bridgehead atoms. The van der Waals surface area contributed by atoms with Gasteiger partial charge in [-0.1, -0.05) is 0 Å². The molecule has 4 rings (SSSR count). The van der Waals surface area contributed by atoms with Gasteiger partial charge in [-0.05, 0) is 30.3 Å². The molecule has 3 aromatic heterocycles. The minimum Gasteiger partial charge on any atom is -0.497 e. The number of carbonyl (C=O) groups is 1. The van der Waals surface area contributed by atoms with E-state index in [0.717, 1.165) is 33.7 Å². The Kier molecular flexibility index (Phi) is 5.03. The van der Waals surface area contributed by atoms with E-state index >= 15 is 0 Å². The normalized spacial score (nSPS) is 10.9. The third kappa shape index (κ3) is 3.93. The number of nitrogens with zero attached hydrogens (tertiary/aromatic N) is 4. The van der Waals surface area contributed by atoms with Gasteiger partial charge in [0.05, 0.1) is 35.1 Å². The predicted molar refractivity (Wildman–Crippen MR) is 105 cm³/mol. The van der Waals surface area contributed by atoms with E-state index in [-0.39, 0.29) is 5.91 Å². The molecule has 27 heavy (non-hydrogen) atoms. The van der Waals surface area contributed by atoms with Crippen molar-refractivity contribution in [3.8, 4) is 17.0 Å². The summed E-state index contributed by atoms with van der Waals surface area (Å²) in [5.41, 5.74) is 3.64. The molecule has 1 N–H and O–H groups in total. The van der Waals surface area contributed by atoms with E-state index in [0.29, 0.717) is 29.7 Å². The van der Waals surface area contributed by atoms with Crippen LogP contribution in [0, 0.1) is 0 Å². The maximum atomic E-state index is 12.3. The molecule has 0 saturated heterocycles. The van der Waals surface area contributed by atoms with Gasteiger partial charge in [0.25, 0.3) is 5.91 Å². The molecule has 1 amide bonds. The topological polar surface area (TPSA) is 89.9 Å². The Morgan fingerprint density at radius 2 is 2.07 bits per heavy atom. The Labute approximate surface area is 163 Å². The molecule has 0 spiro atoms. The first kappa shape index (κ1) is 17.5. The van der Waals surface area contributed by atoms with Crippen LogP contribution in [0.25, 0.3) is 22.4 Å². The van der Waals surface area contributed by atoms with E-state index in [1.165, 1.54) is 6.20 Å². The van der Waals surface area contributed by atoms with E-state index in [4.69, 9.17) is 4.74 Å². The maximum absolute atomic E-state index is 12.3. The molecule has 0 unspecified atom stereocenters. The maximum Gasteiger partial charge on any atom is 0.252 e. The lowest BCUT2D eigenvalue weighted by molar-refractivity contribution is 0.0954. The van der Waals surface area contributed by atoms with Crippen LogP contribution in [-0.4, -0.2) is 38.3 Å². The number of fused-ring (bicyclic) bond motifs is 1. The van der Waals surface area contributed by atoms with Crippen molar-refractivity contribution in [2.75, 3.05) is 13.7 Å². The number of benzene rings is 1. The average molecular weight is 397 g/mol. The summed E-state index contributed by atoms with van der Waals surface area (Å²) in [6, 6.07) is 9.49. The zero-order valence-electron chi connectivity index (χ0n) is 14.4. The van der Waals surface area contributed by atoms with Crippen molar-refractivity contribution in [1.82, 2.24) is 24.0 Å². The Hall–Kier alpha value is -2.91. The summed E-state index contributed by atoms with van der Waals surface area (Å²) in [5.74, 6) is 0.641. The van der Waals surface area contributed by atoms with Gasteiger partial charge >= 0.3 is 0 Å². The summed E-state index contributed by atoms with van der Waals surface area (Å²) in [4.78, 5) is 21.0. The number of thiazole rings is 1. The fourth-order valence-corrected chi connectivity index (χ4v) is 3.80. The van der Waals surface area contributed by atoms with Crippen molar-refractivity contribution < 1.29 is 9.53 Å². The second-order valence-corrected chi connectivity index (χ2v) is 7.16. The van der Waals surface area contributed by atoms with Gasteiger partial charge in [-0.15, -0.1) is 11.3 Å². The number of nitrogens with one attached hydrogen (secondary N) is 1. The Bertz CT molecular complexity index is 1070. The minimum absolute atomic E-state index is 0.177. The predicted octanol–water partition coefficient (Wildman–Crippen LogP) is 3.19. The summed E-state index contributed by atoms with van der Waals surface area (Å²) in [5, 5.41) is 5.89. The number of methoxy groups -OCH3 is 1. The van der Waals surface area contributed by atoms with Crippen molar-refractivity contribution in [3.63, 3.8) is 0 Å². The molecule has 0 radical (unpaired) electrons. The number of ether oxygens (including phenoxy) is 1. The van der Waals surface area contributed by atoms with Gasteiger partial charge < -0.3 is 10.1 Å². The summed E-state index contributed by atoms with van der Waals surface area (Å²) in [6.45, 7) is 0.502. The Balaban J connectivity index is 1.34. The molecule has 0 aliphatic heterocycles. The van der Waals surface area contributed by atoms with Gasteiger partial charge in [-0.3, -0.25) is 4.79 Å². The van der Waals surface area contributed by atoms with Crippen LogP contribution in [0.15, 0.2) is 41.9 Å². The smallest absolute Gasteiger partial charge is 0.252 e. The first-order chi connectivity index (χ1) is 13.2. The first-order valence-electron chi connectivity index (χ1n) is 8.18. The summed E-state index contributed by atoms with van der Waals surface area (Å²) >= 11 is 2.66. The minimum atomic E-state index is -0.177. The lowest BCUT2D eigenvalue weighted by atomic mass is 10.2. The van der Waals surface area contributed by atoms with Crippen LogP contribution in [0.5, 0.6) is 5.75 Å². The standard InChI is InChI=1S/C18H15N5O2S2/c1-25-13-4-2-11(3-5-13)15-10-26-16(21-15)6-7-19-18(24)12-8-14-17(20-9-12)23-27-22-14/h2-5,8-10H,6-7H2,1H3,(H,19,24). The molecule has 1 aromatic carbocycles. The second-order valence-electron chi connectivity index (χ2n) is 5.69. The van der Waals surface area contributed by atoms with E-state index in [1.54, 1.807) is 24.5 Å². The molecular formula is C18H15N5O2S2. The molecule has 0 fully saturated rings. The Morgan fingerprint density at radius 3 is 2.89 bits per heavy atom. The monoisotopic (exact) mass is 397 g/mol. The lowest BCUT2D eigenvalue weighted by Gasteiger charge is -2.03. The third-order valence-corrected chi connectivity index (χ3v) is 5.38. The van der Waals surface area contributed by atoms with Gasteiger partial charge in [0.15, 0.2) is 5.65 Å². The van der Waals surface area contributed by atoms with E-state index in [1.807, 2.05) is 29.6 Å². The second kappa shape index (κ2) is 7.77. The van der Waals surface area contributed by atoms with Gasteiger partial charge in [0, 0.05) is 30.1 Å². The van der Waals surface area contributed by atoms with Gasteiger partial charge in [-0.2, -0.15) is 8.75 Å². The van der Waals surface area contributed by atoms with Crippen molar-refractivity contribution in [3.05, 3.63) is 52.5 Å². The highest BCUT2D eigenvalue weighted by Gasteiger charge is 2.10. The molecule has 136 valence electrons. The zero-order chi connectivity index (χ0) is 18.6. The molecule has 0 atom stereocenters. The van der Waals surface area contributed by atoms with Crippen LogP contribution in [-0.2, 0) is 6.42 Å². The number of hydrogen-bond acceptors (Lipinski definition) is 8. The quantitative estimate of drug-likeness (QED) is 0.537. The molecule has 7 nitrogen and oxygen atoms in total. The van der Waals surface area contributed by atoms with Crippen LogP contribution in [0.1, 0.15) is 15.4 Å². The summed E-state index contributed by atoms with van der Waals surface area (Å²) < 4.78 is 13.3. The van der Waals surface area contributed by atoms with Crippen LogP contribution in [0.2, 0.25) is 0 Å². The SMILES string of the molecule is COc1ccc(-c2csc(CCNC(=O)c3cnc4nsnc4c3)n2)cc1. The van der Waals surface area contributed by atoms with Crippen molar-refractivity contribution in [2.45, 2.75) is 6.42 Å². The number of amides is 1. The number of rotatable bonds is 6. The molecule has 0 aliphatic carbocycles. The van der Waals surface area contributed by atoms with Crippen LogP contribution in [0.4, 0.5) is 0 Å². The number of hydrogen-bond donors (Lipinski definition) is 1. The van der Waals surface area contributed by atoms with Crippen LogP contribution >= 0.6 is 23.1 Å². The van der Waals surface area contributed by atoms with Crippen molar-refractivity contribution in [1.29, 1.82) is 0 Å². The molecule has 0 aliphatic rings. The molecule has 4 aromatic rings. The molecule has 3 heterocycles. The number of pyridine rings is 1. The largest absolute Gasteiger partial charge is 0.497 e. The number of aromatic nitrogens is 4. The van der Waals surface area contributed by atoms with Crippen molar-refractivity contribution in [2.24, 2.45) is 0 Å². The van der Waals surface area contributed by atoms with Crippen LogP contribution in [0.3, 0.4) is 0 Å². The first-order valence-corrected chi connectivity index (χ1v) is 9.79. The van der Waals surface area contributed by atoms with E-state index < -0.39 is 0 Å². The molecule has 0 saturated carbocycles. The lowest BCUT2D eigenvalue weighted by Crippen LogP contribution is -2.25. The van der Waals surface area contributed by atoms with Gasteiger partial charge in [0.1, 0.15) is 11.3 Å². The van der Waals surface area contributed by atoms with Gasteiger partial charge in [-0.25, -0.2) is 9.97 Å². The van der Waals surface area contributed by atoms with Gasteiger partial charge in [0.2, 0.25) is 0 Å². The van der Waals surface area contributed by atoms with Crippen LogP contribution < -0.4 is 10.1 Å². The van der Waals surface area contributed by atoms with Crippen molar-refractivity contribution >= 4 is 40.1 Å². The fourth-order valence-electron chi connectivity index (χ4n) is 2.52. The highest BCUT2D eigenvalue weighted by molar-refractivity contribution is 7.09.